The normalized spacial score (nSPS) is 24.2. The summed E-state index contributed by atoms with van der Waals surface area (Å²) in [6, 6.07) is 6.44. The topological polar surface area (TPSA) is 48.5 Å². The third-order valence-electron chi connectivity index (χ3n) is 5.95. The zero-order valence-electron chi connectivity index (χ0n) is 15.0. The van der Waals surface area contributed by atoms with Crippen molar-refractivity contribution in [2.24, 2.45) is 5.41 Å². The van der Waals surface area contributed by atoms with E-state index in [1.54, 1.807) is 0 Å². The largest absolute Gasteiger partial charge is 0.354 e. The van der Waals surface area contributed by atoms with Gasteiger partial charge < -0.3 is 10.2 Å². The molecule has 1 amide bonds. The molecule has 0 aromatic carbocycles. The van der Waals surface area contributed by atoms with Crippen molar-refractivity contribution in [2.75, 3.05) is 37.6 Å². The summed E-state index contributed by atoms with van der Waals surface area (Å²) in [6.45, 7) is 9.56. The zero-order chi connectivity index (χ0) is 17.0. The predicted molar refractivity (Wildman–Crippen MR) is 97.1 cm³/mol. The van der Waals surface area contributed by atoms with E-state index in [2.05, 4.69) is 40.0 Å². The number of aromatic nitrogens is 1. The van der Waals surface area contributed by atoms with Gasteiger partial charge in [-0.25, -0.2) is 4.98 Å². The quantitative estimate of drug-likeness (QED) is 0.869. The molecular weight excluding hydrogens is 300 g/mol. The molecule has 0 radical (unpaired) electrons. The summed E-state index contributed by atoms with van der Waals surface area (Å²) in [4.78, 5) is 21.6. The maximum atomic E-state index is 12.3. The van der Waals surface area contributed by atoms with E-state index in [-0.39, 0.29) is 11.3 Å². The monoisotopic (exact) mass is 330 g/mol. The molecule has 2 aliphatic rings. The average Bonchev–Trinajstić information content (AvgIpc) is 2.97. The van der Waals surface area contributed by atoms with E-state index in [4.69, 9.17) is 0 Å². The first-order valence-electron chi connectivity index (χ1n) is 9.36. The molecule has 5 nitrogen and oxygen atoms in total. The van der Waals surface area contributed by atoms with E-state index < -0.39 is 0 Å². The number of anilines is 1. The third-order valence-corrected chi connectivity index (χ3v) is 5.95. The summed E-state index contributed by atoms with van der Waals surface area (Å²) in [5, 5.41) is 3.23. The number of nitrogens with one attached hydrogen (secondary N) is 1. The van der Waals surface area contributed by atoms with Crippen molar-refractivity contribution >= 4 is 11.7 Å². The Morgan fingerprint density at radius 2 is 1.96 bits per heavy atom. The van der Waals surface area contributed by atoms with E-state index >= 15 is 0 Å². The Morgan fingerprint density at radius 3 is 2.54 bits per heavy atom. The Hall–Kier alpha value is -1.62. The zero-order valence-corrected chi connectivity index (χ0v) is 15.0. The molecule has 1 aromatic rings. The van der Waals surface area contributed by atoms with Crippen molar-refractivity contribution in [3.63, 3.8) is 0 Å². The SMILES string of the molecule is CCC1(CC)CC(CCN2CCN(c3ccccn3)CC2)NC1=O. The van der Waals surface area contributed by atoms with Crippen LogP contribution < -0.4 is 10.2 Å². The Balaban J connectivity index is 1.44. The number of amides is 1. The minimum atomic E-state index is -0.109. The average molecular weight is 330 g/mol. The summed E-state index contributed by atoms with van der Waals surface area (Å²) in [5.74, 6) is 1.35. The van der Waals surface area contributed by atoms with Gasteiger partial charge in [-0.05, 0) is 37.8 Å². The van der Waals surface area contributed by atoms with Crippen LogP contribution in [0, 0.1) is 5.41 Å². The molecule has 0 bridgehead atoms. The van der Waals surface area contributed by atoms with Gasteiger partial charge in [0.05, 0.1) is 5.41 Å². The van der Waals surface area contributed by atoms with E-state index in [0.29, 0.717) is 6.04 Å². The summed E-state index contributed by atoms with van der Waals surface area (Å²) in [5.41, 5.74) is -0.109. The van der Waals surface area contributed by atoms with Gasteiger partial charge in [0.25, 0.3) is 0 Å². The van der Waals surface area contributed by atoms with Crippen LogP contribution in [0.5, 0.6) is 0 Å². The maximum absolute atomic E-state index is 12.3. The highest BCUT2D eigenvalue weighted by Gasteiger charge is 2.43. The third kappa shape index (κ3) is 3.56. The Labute approximate surface area is 145 Å². The van der Waals surface area contributed by atoms with Crippen molar-refractivity contribution in [1.82, 2.24) is 15.2 Å². The molecule has 1 N–H and O–H groups in total. The number of carbonyl (C=O) groups excluding carboxylic acids is 1. The van der Waals surface area contributed by atoms with Gasteiger partial charge in [0.15, 0.2) is 0 Å². The van der Waals surface area contributed by atoms with Crippen LogP contribution in [-0.4, -0.2) is 54.6 Å². The number of hydrogen-bond donors (Lipinski definition) is 1. The van der Waals surface area contributed by atoms with Gasteiger partial charge in [0.2, 0.25) is 5.91 Å². The van der Waals surface area contributed by atoms with Crippen LogP contribution in [-0.2, 0) is 4.79 Å². The molecule has 3 rings (SSSR count). The first-order valence-corrected chi connectivity index (χ1v) is 9.36. The summed E-state index contributed by atoms with van der Waals surface area (Å²) >= 11 is 0. The smallest absolute Gasteiger partial charge is 0.226 e. The molecule has 0 saturated carbocycles. The van der Waals surface area contributed by atoms with Gasteiger partial charge in [-0.2, -0.15) is 0 Å². The first kappa shape index (κ1) is 17.2. The fourth-order valence-corrected chi connectivity index (χ4v) is 4.07. The molecule has 0 aliphatic carbocycles. The molecule has 2 saturated heterocycles. The van der Waals surface area contributed by atoms with Crippen molar-refractivity contribution in [1.29, 1.82) is 0 Å². The maximum Gasteiger partial charge on any atom is 0.226 e. The van der Waals surface area contributed by atoms with Gasteiger partial charge >= 0.3 is 0 Å². The van der Waals surface area contributed by atoms with Gasteiger partial charge in [-0.1, -0.05) is 19.9 Å². The number of pyridine rings is 1. The second-order valence-corrected chi connectivity index (χ2v) is 7.17. The predicted octanol–water partition coefficient (Wildman–Crippen LogP) is 2.29. The molecule has 3 heterocycles. The molecular formula is C19H30N4O. The summed E-state index contributed by atoms with van der Waals surface area (Å²) < 4.78 is 0. The highest BCUT2D eigenvalue weighted by atomic mass is 16.2. The number of rotatable bonds is 6. The van der Waals surface area contributed by atoms with Crippen molar-refractivity contribution in [2.45, 2.75) is 45.6 Å². The number of piperazine rings is 1. The molecule has 2 aliphatic heterocycles. The Kier molecular flexibility index (Phi) is 5.39. The molecule has 1 unspecified atom stereocenters. The number of nitrogens with zero attached hydrogens (tertiary/aromatic N) is 3. The highest BCUT2D eigenvalue weighted by molar-refractivity contribution is 5.85. The van der Waals surface area contributed by atoms with Gasteiger partial charge in [0, 0.05) is 45.0 Å². The lowest BCUT2D eigenvalue weighted by atomic mass is 9.79. The van der Waals surface area contributed by atoms with Crippen LogP contribution in [0.2, 0.25) is 0 Å². The molecule has 132 valence electrons. The molecule has 0 spiro atoms. The van der Waals surface area contributed by atoms with Crippen molar-refractivity contribution < 1.29 is 4.79 Å². The summed E-state index contributed by atoms with van der Waals surface area (Å²) in [6.07, 6.45) is 5.84. The Bertz CT molecular complexity index is 536. The molecule has 1 aromatic heterocycles. The summed E-state index contributed by atoms with van der Waals surface area (Å²) in [7, 11) is 0. The first-order chi connectivity index (χ1) is 11.7. The molecule has 5 heteroatoms. The minimum Gasteiger partial charge on any atom is -0.354 e. The fourth-order valence-electron chi connectivity index (χ4n) is 4.07. The van der Waals surface area contributed by atoms with Gasteiger partial charge in [-0.3, -0.25) is 9.69 Å². The van der Waals surface area contributed by atoms with Crippen LogP contribution in [0.15, 0.2) is 24.4 Å². The van der Waals surface area contributed by atoms with Crippen molar-refractivity contribution in [3.8, 4) is 0 Å². The van der Waals surface area contributed by atoms with Crippen LogP contribution in [0.25, 0.3) is 0 Å². The van der Waals surface area contributed by atoms with Crippen LogP contribution in [0.4, 0.5) is 5.82 Å². The lowest BCUT2D eigenvalue weighted by Gasteiger charge is -2.35. The Morgan fingerprint density at radius 1 is 1.21 bits per heavy atom. The lowest BCUT2D eigenvalue weighted by Crippen LogP contribution is -2.47. The second-order valence-electron chi connectivity index (χ2n) is 7.17. The minimum absolute atomic E-state index is 0.109. The van der Waals surface area contributed by atoms with Crippen LogP contribution in [0.1, 0.15) is 39.5 Å². The molecule has 1 atom stereocenters. The van der Waals surface area contributed by atoms with E-state index in [1.165, 1.54) is 0 Å². The van der Waals surface area contributed by atoms with E-state index in [1.807, 2.05) is 18.3 Å². The van der Waals surface area contributed by atoms with Gasteiger partial charge in [-0.15, -0.1) is 0 Å². The molecule has 2 fully saturated rings. The molecule has 24 heavy (non-hydrogen) atoms. The van der Waals surface area contributed by atoms with E-state index in [9.17, 15) is 4.79 Å². The van der Waals surface area contributed by atoms with Crippen LogP contribution >= 0.6 is 0 Å². The second kappa shape index (κ2) is 7.51. The van der Waals surface area contributed by atoms with E-state index in [0.717, 1.165) is 64.2 Å². The number of carbonyl (C=O) groups is 1. The van der Waals surface area contributed by atoms with Gasteiger partial charge in [0.1, 0.15) is 5.82 Å². The lowest BCUT2D eigenvalue weighted by molar-refractivity contribution is -0.128. The van der Waals surface area contributed by atoms with Crippen molar-refractivity contribution in [3.05, 3.63) is 24.4 Å². The van der Waals surface area contributed by atoms with Crippen LogP contribution in [0.3, 0.4) is 0 Å². The standard InChI is InChI=1S/C19H30N4O/c1-3-19(4-2)15-16(21-18(19)24)8-10-22-11-13-23(14-12-22)17-7-5-6-9-20-17/h5-7,9,16H,3-4,8,10-15H2,1-2H3,(H,21,24). The number of hydrogen-bond acceptors (Lipinski definition) is 4. The fraction of sp³-hybridized carbons (Fsp3) is 0.684. The highest BCUT2D eigenvalue weighted by Crippen LogP contribution is 2.37.